The van der Waals surface area contributed by atoms with Crippen LogP contribution >= 0.6 is 11.6 Å². The average molecular weight is 256 g/mol. The van der Waals surface area contributed by atoms with E-state index in [0.717, 1.165) is 0 Å². The van der Waals surface area contributed by atoms with Crippen molar-refractivity contribution in [3.05, 3.63) is 35.1 Å². The minimum absolute atomic E-state index is 0.0800. The van der Waals surface area contributed by atoms with Crippen LogP contribution in [-0.2, 0) is 6.54 Å². The number of nitrogens with two attached hydrogens (primary N) is 1. The maximum absolute atomic E-state index is 13.6. The predicted octanol–water partition coefficient (Wildman–Crippen LogP) is 1.92. The van der Waals surface area contributed by atoms with Crippen LogP contribution in [0.4, 0.5) is 10.2 Å². The van der Waals surface area contributed by atoms with E-state index in [4.69, 9.17) is 22.4 Å². The molecule has 1 aromatic carbocycles. The first kappa shape index (κ1) is 11.9. The van der Waals surface area contributed by atoms with E-state index in [2.05, 4.69) is 5.10 Å². The van der Waals surface area contributed by atoms with E-state index in [1.165, 1.54) is 22.9 Å². The zero-order chi connectivity index (χ0) is 12.4. The minimum atomic E-state index is -0.414. The van der Waals surface area contributed by atoms with Crippen molar-refractivity contribution in [3.63, 3.8) is 0 Å². The molecule has 3 N–H and O–H groups in total. The van der Waals surface area contributed by atoms with Crippen LogP contribution in [-0.4, -0.2) is 21.5 Å². The summed E-state index contributed by atoms with van der Waals surface area (Å²) >= 11 is 5.80. The predicted molar refractivity (Wildman–Crippen MR) is 64.1 cm³/mol. The summed E-state index contributed by atoms with van der Waals surface area (Å²) in [6, 6.07) is 5.78. The fourth-order valence-corrected chi connectivity index (χ4v) is 1.70. The Bertz CT molecular complexity index is 542. The van der Waals surface area contributed by atoms with Gasteiger partial charge in [0, 0.05) is 16.7 Å². The van der Waals surface area contributed by atoms with Crippen molar-refractivity contribution in [3.8, 4) is 11.3 Å². The zero-order valence-corrected chi connectivity index (χ0v) is 9.65. The van der Waals surface area contributed by atoms with Crippen LogP contribution in [0, 0.1) is 5.82 Å². The number of aliphatic hydroxyl groups excluding tert-OH is 1. The van der Waals surface area contributed by atoms with Gasteiger partial charge in [0.25, 0.3) is 0 Å². The number of aromatic nitrogens is 2. The SMILES string of the molecule is Nc1cc(-c2cc(Cl)ccc2F)nn1CCO. The highest BCUT2D eigenvalue weighted by molar-refractivity contribution is 6.30. The Kier molecular flexibility index (Phi) is 3.31. The molecule has 90 valence electrons. The zero-order valence-electron chi connectivity index (χ0n) is 8.90. The molecule has 0 saturated carbocycles. The number of rotatable bonds is 3. The average Bonchev–Trinajstić information content (AvgIpc) is 2.64. The Morgan fingerprint density at radius 1 is 1.41 bits per heavy atom. The number of aliphatic hydroxyl groups is 1. The maximum atomic E-state index is 13.6. The Balaban J connectivity index is 2.45. The fraction of sp³-hybridized carbons (Fsp3) is 0.182. The Morgan fingerprint density at radius 3 is 2.88 bits per heavy atom. The molecule has 1 aromatic heterocycles. The summed E-state index contributed by atoms with van der Waals surface area (Å²) in [5.74, 6) is -0.0449. The van der Waals surface area contributed by atoms with Crippen LogP contribution in [0.3, 0.4) is 0 Å². The van der Waals surface area contributed by atoms with Crippen molar-refractivity contribution in [1.29, 1.82) is 0 Å². The molecule has 2 aromatic rings. The number of hydrogen-bond acceptors (Lipinski definition) is 3. The van der Waals surface area contributed by atoms with Crippen molar-refractivity contribution in [2.45, 2.75) is 6.54 Å². The quantitative estimate of drug-likeness (QED) is 0.881. The normalized spacial score (nSPS) is 10.8. The second kappa shape index (κ2) is 4.73. The lowest BCUT2D eigenvalue weighted by Crippen LogP contribution is -2.07. The van der Waals surface area contributed by atoms with Crippen LogP contribution in [0.15, 0.2) is 24.3 Å². The lowest BCUT2D eigenvalue weighted by Gasteiger charge is -2.01. The number of benzene rings is 1. The van der Waals surface area contributed by atoms with Gasteiger partial charge in [0.1, 0.15) is 11.6 Å². The van der Waals surface area contributed by atoms with Crippen molar-refractivity contribution in [1.82, 2.24) is 9.78 Å². The van der Waals surface area contributed by atoms with Gasteiger partial charge in [0.15, 0.2) is 0 Å². The Morgan fingerprint density at radius 2 is 2.18 bits per heavy atom. The van der Waals surface area contributed by atoms with Crippen LogP contribution in [0.5, 0.6) is 0 Å². The van der Waals surface area contributed by atoms with Gasteiger partial charge in [-0.1, -0.05) is 11.6 Å². The van der Waals surface area contributed by atoms with Gasteiger partial charge in [-0.15, -0.1) is 0 Å². The van der Waals surface area contributed by atoms with Crippen molar-refractivity contribution >= 4 is 17.4 Å². The third-order valence-corrected chi connectivity index (χ3v) is 2.56. The first-order valence-electron chi connectivity index (χ1n) is 5.01. The largest absolute Gasteiger partial charge is 0.394 e. The van der Waals surface area contributed by atoms with Crippen LogP contribution in [0.2, 0.25) is 5.02 Å². The molecule has 4 nitrogen and oxygen atoms in total. The van der Waals surface area contributed by atoms with E-state index >= 15 is 0 Å². The molecule has 0 bridgehead atoms. The highest BCUT2D eigenvalue weighted by Crippen LogP contribution is 2.26. The monoisotopic (exact) mass is 255 g/mol. The topological polar surface area (TPSA) is 64.1 Å². The van der Waals surface area contributed by atoms with E-state index in [9.17, 15) is 4.39 Å². The van der Waals surface area contributed by atoms with Crippen LogP contribution in [0.1, 0.15) is 0 Å². The fourth-order valence-electron chi connectivity index (χ4n) is 1.53. The van der Waals surface area contributed by atoms with E-state index in [1.54, 1.807) is 6.07 Å². The minimum Gasteiger partial charge on any atom is -0.394 e. The third kappa shape index (κ3) is 2.40. The molecular formula is C11H11ClFN3O. The summed E-state index contributed by atoms with van der Waals surface area (Å²) in [5, 5.41) is 13.3. The molecule has 0 unspecified atom stereocenters. The smallest absolute Gasteiger partial charge is 0.132 e. The number of halogens is 2. The summed E-state index contributed by atoms with van der Waals surface area (Å²) in [4.78, 5) is 0. The molecular weight excluding hydrogens is 245 g/mol. The molecule has 17 heavy (non-hydrogen) atoms. The van der Waals surface area contributed by atoms with Gasteiger partial charge in [-0.3, -0.25) is 0 Å². The van der Waals surface area contributed by atoms with Gasteiger partial charge in [-0.25, -0.2) is 9.07 Å². The molecule has 0 amide bonds. The summed E-state index contributed by atoms with van der Waals surface area (Å²) in [6.07, 6.45) is 0. The van der Waals surface area contributed by atoms with Gasteiger partial charge in [0.05, 0.1) is 18.8 Å². The lowest BCUT2D eigenvalue weighted by atomic mass is 10.1. The van der Waals surface area contributed by atoms with Gasteiger partial charge >= 0.3 is 0 Å². The van der Waals surface area contributed by atoms with E-state index in [-0.39, 0.29) is 13.2 Å². The first-order chi connectivity index (χ1) is 8.11. The number of anilines is 1. The summed E-state index contributed by atoms with van der Waals surface area (Å²) in [5.41, 5.74) is 6.38. The molecule has 1 heterocycles. The Labute approximate surface area is 102 Å². The van der Waals surface area contributed by atoms with Crippen molar-refractivity contribution in [2.24, 2.45) is 0 Å². The van der Waals surface area contributed by atoms with Gasteiger partial charge < -0.3 is 10.8 Å². The molecule has 0 saturated heterocycles. The molecule has 0 radical (unpaired) electrons. The van der Waals surface area contributed by atoms with E-state index in [0.29, 0.717) is 22.1 Å². The van der Waals surface area contributed by atoms with Gasteiger partial charge in [-0.05, 0) is 18.2 Å². The summed E-state index contributed by atoms with van der Waals surface area (Å²) in [6.45, 7) is 0.192. The molecule has 0 aliphatic rings. The molecule has 2 rings (SSSR count). The number of nitrogens with zero attached hydrogens (tertiary/aromatic N) is 2. The molecule has 0 aliphatic heterocycles. The third-order valence-electron chi connectivity index (χ3n) is 2.33. The van der Waals surface area contributed by atoms with Gasteiger partial charge in [0.2, 0.25) is 0 Å². The summed E-state index contributed by atoms with van der Waals surface area (Å²) in [7, 11) is 0. The number of hydrogen-bond donors (Lipinski definition) is 2. The van der Waals surface area contributed by atoms with Crippen LogP contribution in [0.25, 0.3) is 11.3 Å². The highest BCUT2D eigenvalue weighted by Gasteiger charge is 2.11. The van der Waals surface area contributed by atoms with Crippen molar-refractivity contribution in [2.75, 3.05) is 12.3 Å². The standard InChI is InChI=1S/C11H11ClFN3O/c12-7-1-2-9(13)8(5-7)10-6-11(14)16(15-10)3-4-17/h1-2,5-6,17H,3-4,14H2. The molecule has 0 atom stereocenters. The van der Waals surface area contributed by atoms with Gasteiger partial charge in [-0.2, -0.15) is 5.10 Å². The second-order valence-electron chi connectivity index (χ2n) is 3.53. The Hall–Kier alpha value is -1.59. The lowest BCUT2D eigenvalue weighted by molar-refractivity contribution is 0.270. The first-order valence-corrected chi connectivity index (χ1v) is 5.39. The maximum Gasteiger partial charge on any atom is 0.132 e. The highest BCUT2D eigenvalue weighted by atomic mass is 35.5. The molecule has 0 fully saturated rings. The molecule has 6 heteroatoms. The molecule has 0 aliphatic carbocycles. The summed E-state index contributed by atoms with van der Waals surface area (Å²) < 4.78 is 15.0. The van der Waals surface area contributed by atoms with Crippen molar-refractivity contribution < 1.29 is 9.50 Å². The number of nitrogen functional groups attached to an aromatic ring is 1. The van der Waals surface area contributed by atoms with E-state index < -0.39 is 5.82 Å². The van der Waals surface area contributed by atoms with E-state index in [1.807, 2.05) is 0 Å². The second-order valence-corrected chi connectivity index (χ2v) is 3.96. The van der Waals surface area contributed by atoms with Crippen LogP contribution < -0.4 is 5.73 Å². The molecule has 0 spiro atoms.